The van der Waals surface area contributed by atoms with Gasteiger partial charge in [-0.3, -0.25) is 4.79 Å². The monoisotopic (exact) mass is 230 g/mol. The van der Waals surface area contributed by atoms with Crippen LogP contribution in [0.25, 0.3) is 0 Å². The Balaban J connectivity index is 1.76. The summed E-state index contributed by atoms with van der Waals surface area (Å²) < 4.78 is 0. The van der Waals surface area contributed by atoms with Crippen LogP contribution in [0.4, 0.5) is 5.69 Å². The first-order valence-corrected chi connectivity index (χ1v) is 6.45. The number of hydrogen-bond acceptors (Lipinski definition) is 2. The van der Waals surface area contributed by atoms with Crippen molar-refractivity contribution in [2.75, 3.05) is 24.5 Å². The number of nitrogens with one attached hydrogen (secondary N) is 1. The van der Waals surface area contributed by atoms with Gasteiger partial charge in [-0.05, 0) is 30.5 Å². The number of piperidine rings is 1. The summed E-state index contributed by atoms with van der Waals surface area (Å²) in [4.78, 5) is 13.7. The Labute approximate surface area is 102 Å². The van der Waals surface area contributed by atoms with Crippen LogP contribution < -0.4 is 10.2 Å². The van der Waals surface area contributed by atoms with Crippen LogP contribution in [0.5, 0.6) is 0 Å². The van der Waals surface area contributed by atoms with E-state index >= 15 is 0 Å². The Bertz CT molecular complexity index is 409. The molecule has 2 heterocycles. The average molecular weight is 230 g/mol. The standard InChI is InChI=1S/C14H18N2O/c17-14-3-1-2-8-16(14)13-6-4-11(5-7-13)12-9-15-10-12/h4-7,12,15H,1-3,8-10H2. The highest BCUT2D eigenvalue weighted by Gasteiger charge is 2.21. The molecule has 0 saturated carbocycles. The number of hydrogen-bond donors (Lipinski definition) is 1. The smallest absolute Gasteiger partial charge is 0.226 e. The summed E-state index contributed by atoms with van der Waals surface area (Å²) in [6, 6.07) is 8.53. The maximum absolute atomic E-state index is 11.8. The number of carbonyl (C=O) groups excluding carboxylic acids is 1. The van der Waals surface area contributed by atoms with Gasteiger partial charge in [0.25, 0.3) is 0 Å². The summed E-state index contributed by atoms with van der Waals surface area (Å²) in [5, 5.41) is 3.28. The van der Waals surface area contributed by atoms with Crippen molar-refractivity contribution in [3.8, 4) is 0 Å². The second-order valence-electron chi connectivity index (χ2n) is 4.95. The molecule has 2 aliphatic rings. The molecular formula is C14H18N2O. The molecule has 0 unspecified atom stereocenters. The SMILES string of the molecule is O=C1CCCCN1c1ccc(C2CNC2)cc1. The quantitative estimate of drug-likeness (QED) is 0.841. The number of nitrogens with zero attached hydrogens (tertiary/aromatic N) is 1. The largest absolute Gasteiger partial charge is 0.315 e. The van der Waals surface area contributed by atoms with Crippen LogP contribution in [0, 0.1) is 0 Å². The van der Waals surface area contributed by atoms with Crippen LogP contribution in [-0.2, 0) is 4.79 Å². The summed E-state index contributed by atoms with van der Waals surface area (Å²) in [5.41, 5.74) is 2.45. The highest BCUT2D eigenvalue weighted by atomic mass is 16.2. The zero-order valence-electron chi connectivity index (χ0n) is 9.98. The van der Waals surface area contributed by atoms with E-state index in [9.17, 15) is 4.79 Å². The Hall–Kier alpha value is -1.35. The Morgan fingerprint density at radius 3 is 2.47 bits per heavy atom. The van der Waals surface area contributed by atoms with E-state index in [2.05, 4.69) is 29.6 Å². The molecule has 1 N–H and O–H groups in total. The van der Waals surface area contributed by atoms with E-state index in [1.54, 1.807) is 0 Å². The lowest BCUT2D eigenvalue weighted by Crippen LogP contribution is -2.40. The van der Waals surface area contributed by atoms with Crippen molar-refractivity contribution in [2.45, 2.75) is 25.2 Å². The molecule has 1 aromatic carbocycles. The number of benzene rings is 1. The molecule has 2 aliphatic heterocycles. The van der Waals surface area contributed by atoms with E-state index in [-0.39, 0.29) is 5.91 Å². The minimum atomic E-state index is 0.273. The topological polar surface area (TPSA) is 32.3 Å². The molecule has 0 spiro atoms. The number of carbonyl (C=O) groups is 1. The average Bonchev–Trinajstić information content (AvgIpc) is 2.29. The molecule has 0 radical (unpaired) electrons. The molecule has 0 aliphatic carbocycles. The number of anilines is 1. The Kier molecular flexibility index (Phi) is 2.85. The van der Waals surface area contributed by atoms with Gasteiger partial charge in [-0.1, -0.05) is 12.1 Å². The fourth-order valence-corrected chi connectivity index (χ4v) is 2.53. The highest BCUT2D eigenvalue weighted by Crippen LogP contribution is 2.25. The minimum Gasteiger partial charge on any atom is -0.315 e. The van der Waals surface area contributed by atoms with Crippen LogP contribution in [0.1, 0.15) is 30.7 Å². The summed E-state index contributed by atoms with van der Waals surface area (Å²) in [7, 11) is 0. The predicted octanol–water partition coefficient (Wildman–Crippen LogP) is 1.89. The third-order valence-electron chi connectivity index (χ3n) is 3.78. The number of rotatable bonds is 2. The van der Waals surface area contributed by atoms with Gasteiger partial charge in [0, 0.05) is 37.7 Å². The first-order chi connectivity index (χ1) is 8.34. The molecule has 0 bridgehead atoms. The number of amides is 1. The molecule has 0 atom stereocenters. The van der Waals surface area contributed by atoms with Crippen LogP contribution in [0.2, 0.25) is 0 Å². The van der Waals surface area contributed by atoms with E-state index in [4.69, 9.17) is 0 Å². The Morgan fingerprint density at radius 2 is 1.88 bits per heavy atom. The van der Waals surface area contributed by atoms with E-state index in [0.717, 1.165) is 38.2 Å². The third-order valence-corrected chi connectivity index (χ3v) is 3.78. The van der Waals surface area contributed by atoms with Crippen molar-refractivity contribution >= 4 is 11.6 Å². The molecule has 3 nitrogen and oxygen atoms in total. The van der Waals surface area contributed by atoms with Gasteiger partial charge < -0.3 is 10.2 Å². The first kappa shape index (κ1) is 10.8. The zero-order valence-corrected chi connectivity index (χ0v) is 9.98. The van der Waals surface area contributed by atoms with Gasteiger partial charge in [0.05, 0.1) is 0 Å². The maximum atomic E-state index is 11.8. The molecule has 1 amide bonds. The van der Waals surface area contributed by atoms with Gasteiger partial charge in [0.2, 0.25) is 5.91 Å². The molecule has 90 valence electrons. The fraction of sp³-hybridized carbons (Fsp3) is 0.500. The van der Waals surface area contributed by atoms with E-state index in [1.807, 2.05) is 4.90 Å². The van der Waals surface area contributed by atoms with Gasteiger partial charge in [-0.25, -0.2) is 0 Å². The fourth-order valence-electron chi connectivity index (χ4n) is 2.53. The molecule has 2 fully saturated rings. The summed E-state index contributed by atoms with van der Waals surface area (Å²) in [6.07, 6.45) is 2.87. The lowest BCUT2D eigenvalue weighted by molar-refractivity contribution is -0.119. The van der Waals surface area contributed by atoms with E-state index in [0.29, 0.717) is 12.3 Å². The van der Waals surface area contributed by atoms with E-state index in [1.165, 1.54) is 5.56 Å². The molecular weight excluding hydrogens is 212 g/mol. The zero-order chi connectivity index (χ0) is 11.7. The van der Waals surface area contributed by atoms with Crippen molar-refractivity contribution in [3.63, 3.8) is 0 Å². The predicted molar refractivity (Wildman–Crippen MR) is 68.3 cm³/mol. The normalized spacial score (nSPS) is 21.4. The van der Waals surface area contributed by atoms with Crippen molar-refractivity contribution in [3.05, 3.63) is 29.8 Å². The van der Waals surface area contributed by atoms with Crippen molar-refractivity contribution in [1.82, 2.24) is 5.32 Å². The lowest BCUT2D eigenvalue weighted by atomic mass is 9.93. The summed E-state index contributed by atoms with van der Waals surface area (Å²) >= 11 is 0. The van der Waals surface area contributed by atoms with Gasteiger partial charge in [0.1, 0.15) is 0 Å². The van der Waals surface area contributed by atoms with Crippen LogP contribution in [0.15, 0.2) is 24.3 Å². The second kappa shape index (κ2) is 4.49. The molecule has 3 rings (SSSR count). The van der Waals surface area contributed by atoms with E-state index < -0.39 is 0 Å². The van der Waals surface area contributed by atoms with Gasteiger partial charge >= 0.3 is 0 Å². The van der Waals surface area contributed by atoms with Gasteiger partial charge in [-0.15, -0.1) is 0 Å². The highest BCUT2D eigenvalue weighted by molar-refractivity contribution is 5.93. The second-order valence-corrected chi connectivity index (χ2v) is 4.95. The van der Waals surface area contributed by atoms with Crippen LogP contribution in [-0.4, -0.2) is 25.5 Å². The minimum absolute atomic E-state index is 0.273. The van der Waals surface area contributed by atoms with Gasteiger partial charge in [-0.2, -0.15) is 0 Å². The molecule has 2 saturated heterocycles. The summed E-state index contributed by atoms with van der Waals surface area (Å²) in [6.45, 7) is 3.05. The lowest BCUT2D eigenvalue weighted by Gasteiger charge is -2.29. The van der Waals surface area contributed by atoms with Gasteiger partial charge in [0.15, 0.2) is 0 Å². The van der Waals surface area contributed by atoms with Crippen molar-refractivity contribution in [1.29, 1.82) is 0 Å². The van der Waals surface area contributed by atoms with Crippen molar-refractivity contribution in [2.24, 2.45) is 0 Å². The third kappa shape index (κ3) is 2.07. The molecule has 17 heavy (non-hydrogen) atoms. The Morgan fingerprint density at radius 1 is 1.12 bits per heavy atom. The molecule has 3 heteroatoms. The van der Waals surface area contributed by atoms with Crippen LogP contribution >= 0.6 is 0 Å². The molecule has 1 aromatic rings. The molecule has 0 aromatic heterocycles. The maximum Gasteiger partial charge on any atom is 0.226 e. The summed E-state index contributed by atoms with van der Waals surface area (Å²) in [5.74, 6) is 0.940. The first-order valence-electron chi connectivity index (χ1n) is 6.45. The van der Waals surface area contributed by atoms with Crippen LogP contribution in [0.3, 0.4) is 0 Å². The van der Waals surface area contributed by atoms with Crippen molar-refractivity contribution < 1.29 is 4.79 Å².